The van der Waals surface area contributed by atoms with Gasteiger partial charge in [-0.15, -0.1) is 0 Å². The van der Waals surface area contributed by atoms with Gasteiger partial charge in [0.05, 0.1) is 28.2 Å². The van der Waals surface area contributed by atoms with E-state index in [1.54, 1.807) is 4.90 Å². The molecule has 1 aromatic carbocycles. The van der Waals surface area contributed by atoms with Crippen molar-refractivity contribution in [2.45, 2.75) is 23.8 Å². The van der Waals surface area contributed by atoms with Crippen LogP contribution in [0.15, 0.2) is 23.1 Å². The van der Waals surface area contributed by atoms with Crippen molar-refractivity contribution in [2.75, 3.05) is 32.8 Å². The van der Waals surface area contributed by atoms with Crippen molar-refractivity contribution in [2.24, 2.45) is 0 Å². The molecule has 2 aliphatic rings. The van der Waals surface area contributed by atoms with E-state index in [1.165, 1.54) is 22.5 Å². The summed E-state index contributed by atoms with van der Waals surface area (Å²) in [6, 6.07) is 3.53. The summed E-state index contributed by atoms with van der Waals surface area (Å²) in [6.45, 7) is 2.28. The van der Waals surface area contributed by atoms with E-state index in [2.05, 4.69) is 0 Å². The summed E-state index contributed by atoms with van der Waals surface area (Å²) in [5.41, 5.74) is 0. The number of carbonyl (C=O) groups is 1. The number of hydrogen-bond acceptors (Lipinski definition) is 4. The summed E-state index contributed by atoms with van der Waals surface area (Å²) in [5, 5.41) is 0.464. The standard InChI is InChI=1S/C15H18Cl2N2O4S/c16-12-4-3-11(10-13(12)17)24(21,22)19-5-1-2-14(19)15(20)18-6-8-23-9-7-18/h3-4,10,14H,1-2,5-9H2/t14-/m0/s1. The fourth-order valence-electron chi connectivity index (χ4n) is 3.04. The van der Waals surface area contributed by atoms with Crippen LogP contribution >= 0.6 is 23.2 Å². The molecule has 0 spiro atoms. The summed E-state index contributed by atoms with van der Waals surface area (Å²) in [6.07, 6.45) is 1.18. The van der Waals surface area contributed by atoms with Gasteiger partial charge < -0.3 is 9.64 Å². The fourth-order valence-corrected chi connectivity index (χ4v) is 5.08. The lowest BCUT2D eigenvalue weighted by molar-refractivity contribution is -0.138. The van der Waals surface area contributed by atoms with Crippen LogP contribution in [0, 0.1) is 0 Å². The molecule has 2 heterocycles. The zero-order valence-electron chi connectivity index (χ0n) is 13.0. The lowest BCUT2D eigenvalue weighted by atomic mass is 10.2. The molecule has 3 rings (SSSR count). The smallest absolute Gasteiger partial charge is 0.243 e. The van der Waals surface area contributed by atoms with E-state index in [0.717, 1.165) is 0 Å². The predicted octanol–water partition coefficient (Wildman–Crippen LogP) is 2.01. The lowest BCUT2D eigenvalue weighted by Crippen LogP contribution is -2.50. The Balaban J connectivity index is 1.85. The van der Waals surface area contributed by atoms with Crippen LogP contribution in [0.2, 0.25) is 10.0 Å². The molecule has 6 nitrogen and oxygen atoms in total. The summed E-state index contributed by atoms with van der Waals surface area (Å²) >= 11 is 11.8. The van der Waals surface area contributed by atoms with Crippen LogP contribution in [0.25, 0.3) is 0 Å². The molecular weight excluding hydrogens is 375 g/mol. The van der Waals surface area contributed by atoms with Crippen molar-refractivity contribution < 1.29 is 17.9 Å². The molecule has 0 radical (unpaired) electrons. The first-order valence-electron chi connectivity index (χ1n) is 7.74. The Morgan fingerprint density at radius 3 is 2.50 bits per heavy atom. The Morgan fingerprint density at radius 2 is 1.83 bits per heavy atom. The number of carbonyl (C=O) groups excluding carboxylic acids is 1. The lowest BCUT2D eigenvalue weighted by Gasteiger charge is -2.32. The van der Waals surface area contributed by atoms with Gasteiger partial charge >= 0.3 is 0 Å². The van der Waals surface area contributed by atoms with Crippen LogP contribution in [0.5, 0.6) is 0 Å². The molecule has 0 N–H and O–H groups in total. The maximum Gasteiger partial charge on any atom is 0.243 e. The zero-order chi connectivity index (χ0) is 17.3. The summed E-state index contributed by atoms with van der Waals surface area (Å²) in [4.78, 5) is 14.5. The predicted molar refractivity (Wildman–Crippen MR) is 90.8 cm³/mol. The van der Waals surface area contributed by atoms with E-state index >= 15 is 0 Å². The summed E-state index contributed by atoms with van der Waals surface area (Å²) in [7, 11) is -3.80. The largest absolute Gasteiger partial charge is 0.378 e. The molecule has 2 fully saturated rings. The molecule has 0 aliphatic carbocycles. The van der Waals surface area contributed by atoms with Crippen molar-refractivity contribution in [3.63, 3.8) is 0 Å². The highest BCUT2D eigenvalue weighted by Gasteiger charge is 2.41. The Kier molecular flexibility index (Phi) is 5.36. The van der Waals surface area contributed by atoms with Gasteiger partial charge in [-0.05, 0) is 31.0 Å². The third-order valence-corrected chi connectivity index (χ3v) is 6.95. The SMILES string of the molecule is O=C([C@@H]1CCCN1S(=O)(=O)c1ccc(Cl)c(Cl)c1)N1CCOCC1. The highest BCUT2D eigenvalue weighted by Crippen LogP contribution is 2.31. The minimum Gasteiger partial charge on any atom is -0.378 e. The van der Waals surface area contributed by atoms with E-state index in [0.29, 0.717) is 45.7 Å². The fraction of sp³-hybridized carbons (Fsp3) is 0.533. The van der Waals surface area contributed by atoms with Gasteiger partial charge in [0.2, 0.25) is 15.9 Å². The Labute approximate surface area is 151 Å². The van der Waals surface area contributed by atoms with Gasteiger partial charge in [0.15, 0.2) is 0 Å². The van der Waals surface area contributed by atoms with Gasteiger partial charge in [0, 0.05) is 19.6 Å². The van der Waals surface area contributed by atoms with Crippen LogP contribution in [0.4, 0.5) is 0 Å². The average Bonchev–Trinajstić information content (AvgIpc) is 3.08. The van der Waals surface area contributed by atoms with Crippen LogP contribution in [0.3, 0.4) is 0 Å². The van der Waals surface area contributed by atoms with Crippen molar-refractivity contribution in [3.8, 4) is 0 Å². The topological polar surface area (TPSA) is 66.9 Å². The van der Waals surface area contributed by atoms with Gasteiger partial charge in [-0.3, -0.25) is 4.79 Å². The first-order chi connectivity index (χ1) is 11.4. The Hall–Kier alpha value is -0.860. The molecule has 1 atom stereocenters. The minimum atomic E-state index is -3.80. The maximum absolute atomic E-state index is 12.9. The quantitative estimate of drug-likeness (QED) is 0.788. The van der Waals surface area contributed by atoms with Crippen LogP contribution in [0.1, 0.15) is 12.8 Å². The first-order valence-corrected chi connectivity index (χ1v) is 9.94. The van der Waals surface area contributed by atoms with Gasteiger partial charge in [-0.2, -0.15) is 4.31 Å². The molecule has 0 unspecified atom stereocenters. The van der Waals surface area contributed by atoms with E-state index in [4.69, 9.17) is 27.9 Å². The van der Waals surface area contributed by atoms with Crippen molar-refractivity contribution in [3.05, 3.63) is 28.2 Å². The van der Waals surface area contributed by atoms with Gasteiger partial charge in [-0.1, -0.05) is 23.2 Å². The summed E-state index contributed by atoms with van der Waals surface area (Å²) < 4.78 is 32.4. The number of hydrogen-bond donors (Lipinski definition) is 0. The average molecular weight is 393 g/mol. The Morgan fingerprint density at radius 1 is 1.12 bits per heavy atom. The molecule has 2 aliphatic heterocycles. The molecule has 2 saturated heterocycles. The van der Waals surface area contributed by atoms with E-state index in [9.17, 15) is 13.2 Å². The maximum atomic E-state index is 12.9. The number of benzene rings is 1. The third kappa shape index (κ3) is 3.41. The second-order valence-corrected chi connectivity index (χ2v) is 8.49. The van der Waals surface area contributed by atoms with E-state index < -0.39 is 16.1 Å². The summed E-state index contributed by atoms with van der Waals surface area (Å²) in [5.74, 6) is -0.153. The Bertz CT molecular complexity index is 735. The monoisotopic (exact) mass is 392 g/mol. The number of amides is 1. The number of ether oxygens (including phenoxy) is 1. The highest BCUT2D eigenvalue weighted by molar-refractivity contribution is 7.89. The third-order valence-electron chi connectivity index (χ3n) is 4.31. The van der Waals surface area contributed by atoms with Crippen molar-refractivity contribution in [1.82, 2.24) is 9.21 Å². The van der Waals surface area contributed by atoms with E-state index in [-0.39, 0.29) is 20.8 Å². The van der Waals surface area contributed by atoms with Crippen molar-refractivity contribution in [1.29, 1.82) is 0 Å². The highest BCUT2D eigenvalue weighted by atomic mass is 35.5. The van der Waals surface area contributed by atoms with Gasteiger partial charge in [-0.25, -0.2) is 8.42 Å². The van der Waals surface area contributed by atoms with Crippen LogP contribution < -0.4 is 0 Å². The molecule has 0 bridgehead atoms. The number of sulfonamides is 1. The van der Waals surface area contributed by atoms with E-state index in [1.807, 2.05) is 0 Å². The molecular formula is C15H18Cl2N2O4S. The number of rotatable bonds is 3. The van der Waals surface area contributed by atoms with Gasteiger partial charge in [0.1, 0.15) is 6.04 Å². The molecule has 24 heavy (non-hydrogen) atoms. The van der Waals surface area contributed by atoms with Crippen LogP contribution in [-0.4, -0.2) is 62.4 Å². The second-order valence-electron chi connectivity index (χ2n) is 5.79. The normalized spacial score (nSPS) is 22.8. The molecule has 1 amide bonds. The molecule has 9 heteroatoms. The minimum absolute atomic E-state index is 0.0542. The molecule has 0 aromatic heterocycles. The number of halogens is 2. The second kappa shape index (κ2) is 7.17. The number of nitrogens with zero attached hydrogens (tertiary/aromatic N) is 2. The molecule has 132 valence electrons. The van der Waals surface area contributed by atoms with Crippen molar-refractivity contribution >= 4 is 39.1 Å². The van der Waals surface area contributed by atoms with Crippen LogP contribution in [-0.2, 0) is 19.6 Å². The number of morpholine rings is 1. The zero-order valence-corrected chi connectivity index (χ0v) is 15.3. The van der Waals surface area contributed by atoms with Gasteiger partial charge in [0.25, 0.3) is 0 Å². The molecule has 0 saturated carbocycles. The first kappa shape index (κ1) is 17.9. The molecule has 1 aromatic rings.